The molecule has 9 heteroatoms. The molecule has 3 rings (SSSR count). The first-order valence-electron chi connectivity index (χ1n) is 8.44. The quantitative estimate of drug-likeness (QED) is 0.650. The standard InChI is InChI=1S/C18H20F3N5O/c1-12(2)26(10-13-8-22-25(3)9-13)11-16-23-17(24-27-16)14-5-4-6-15(7-14)18(19,20)21/h4-9,12H,10-11H2,1-3H3. The molecule has 0 N–H and O–H groups in total. The van der Waals surface area contributed by atoms with Gasteiger partial charge in [0.25, 0.3) is 0 Å². The fourth-order valence-corrected chi connectivity index (χ4v) is 2.65. The molecule has 0 unspecified atom stereocenters. The molecule has 0 saturated carbocycles. The molecule has 0 aliphatic carbocycles. The molecule has 6 nitrogen and oxygen atoms in total. The van der Waals surface area contributed by atoms with E-state index in [1.165, 1.54) is 12.1 Å². The van der Waals surface area contributed by atoms with Crippen molar-refractivity contribution in [3.63, 3.8) is 0 Å². The highest BCUT2D eigenvalue weighted by molar-refractivity contribution is 5.55. The normalized spacial score (nSPS) is 12.3. The van der Waals surface area contributed by atoms with Crippen molar-refractivity contribution in [2.24, 2.45) is 7.05 Å². The number of aromatic nitrogens is 4. The Morgan fingerprint density at radius 1 is 1.22 bits per heavy atom. The van der Waals surface area contributed by atoms with E-state index >= 15 is 0 Å². The molecular weight excluding hydrogens is 359 g/mol. The van der Waals surface area contributed by atoms with E-state index in [0.29, 0.717) is 19.0 Å². The van der Waals surface area contributed by atoms with E-state index in [0.717, 1.165) is 17.7 Å². The van der Waals surface area contributed by atoms with Crippen LogP contribution in [0.2, 0.25) is 0 Å². The van der Waals surface area contributed by atoms with E-state index in [2.05, 4.69) is 20.1 Å². The molecule has 0 spiro atoms. The van der Waals surface area contributed by atoms with Gasteiger partial charge in [0.2, 0.25) is 11.7 Å². The van der Waals surface area contributed by atoms with Crippen molar-refractivity contribution in [1.82, 2.24) is 24.8 Å². The molecule has 0 bridgehead atoms. The Bertz CT molecular complexity index is 900. The number of rotatable bonds is 6. The molecule has 0 fully saturated rings. The Balaban J connectivity index is 1.76. The van der Waals surface area contributed by atoms with Crippen molar-refractivity contribution < 1.29 is 17.7 Å². The van der Waals surface area contributed by atoms with Gasteiger partial charge in [-0.15, -0.1) is 0 Å². The van der Waals surface area contributed by atoms with Crippen LogP contribution in [0.25, 0.3) is 11.4 Å². The Morgan fingerprint density at radius 2 is 2.00 bits per heavy atom. The lowest BCUT2D eigenvalue weighted by atomic mass is 10.1. The zero-order valence-electron chi connectivity index (χ0n) is 15.2. The SMILES string of the molecule is CC(C)N(Cc1cnn(C)c1)Cc1nc(-c2cccc(C(F)(F)F)c2)no1. The molecule has 0 atom stereocenters. The third-order valence-electron chi connectivity index (χ3n) is 4.13. The molecule has 0 aliphatic rings. The maximum Gasteiger partial charge on any atom is 0.416 e. The number of hydrogen-bond acceptors (Lipinski definition) is 5. The summed E-state index contributed by atoms with van der Waals surface area (Å²) in [5, 5.41) is 7.99. The lowest BCUT2D eigenvalue weighted by Gasteiger charge is -2.23. The fraction of sp³-hybridized carbons (Fsp3) is 0.389. The van der Waals surface area contributed by atoms with Crippen LogP contribution in [0.4, 0.5) is 13.2 Å². The van der Waals surface area contributed by atoms with Gasteiger partial charge in [0.05, 0.1) is 18.3 Å². The first kappa shape index (κ1) is 19.1. The predicted octanol–water partition coefficient (Wildman–Crippen LogP) is 3.90. The second-order valence-corrected chi connectivity index (χ2v) is 6.61. The molecule has 3 aromatic rings. The lowest BCUT2D eigenvalue weighted by Crippen LogP contribution is -2.29. The van der Waals surface area contributed by atoms with Crippen molar-refractivity contribution in [2.45, 2.75) is 39.2 Å². The molecule has 2 heterocycles. The van der Waals surface area contributed by atoms with Crippen LogP contribution < -0.4 is 0 Å². The van der Waals surface area contributed by atoms with Gasteiger partial charge in [-0.1, -0.05) is 17.3 Å². The summed E-state index contributed by atoms with van der Waals surface area (Å²) in [4.78, 5) is 6.38. The highest BCUT2D eigenvalue weighted by atomic mass is 19.4. The fourth-order valence-electron chi connectivity index (χ4n) is 2.65. The van der Waals surface area contributed by atoms with Crippen LogP contribution in [0, 0.1) is 0 Å². The molecule has 27 heavy (non-hydrogen) atoms. The average Bonchev–Trinajstić information content (AvgIpc) is 3.23. The van der Waals surface area contributed by atoms with Gasteiger partial charge in [0, 0.05) is 37.0 Å². The number of aryl methyl sites for hydroxylation is 1. The Morgan fingerprint density at radius 3 is 2.63 bits per heavy atom. The summed E-state index contributed by atoms with van der Waals surface area (Å²) in [6.45, 7) is 5.12. The van der Waals surface area contributed by atoms with Crippen molar-refractivity contribution >= 4 is 0 Å². The summed E-state index contributed by atoms with van der Waals surface area (Å²) < 4.78 is 45.6. The lowest BCUT2D eigenvalue weighted by molar-refractivity contribution is -0.137. The maximum atomic E-state index is 12.9. The third kappa shape index (κ3) is 4.73. The zero-order chi connectivity index (χ0) is 19.6. The minimum absolute atomic E-state index is 0.140. The maximum absolute atomic E-state index is 12.9. The predicted molar refractivity (Wildman–Crippen MR) is 92.3 cm³/mol. The molecule has 0 amide bonds. The van der Waals surface area contributed by atoms with E-state index in [9.17, 15) is 13.2 Å². The van der Waals surface area contributed by atoms with E-state index in [1.54, 1.807) is 10.9 Å². The smallest absolute Gasteiger partial charge is 0.338 e. The van der Waals surface area contributed by atoms with Crippen LogP contribution in [-0.2, 0) is 26.3 Å². The summed E-state index contributed by atoms with van der Waals surface area (Å²) in [7, 11) is 1.85. The highest BCUT2D eigenvalue weighted by Crippen LogP contribution is 2.31. The van der Waals surface area contributed by atoms with Gasteiger partial charge in [-0.3, -0.25) is 9.58 Å². The summed E-state index contributed by atoms with van der Waals surface area (Å²) in [5.41, 5.74) is 0.568. The zero-order valence-corrected chi connectivity index (χ0v) is 15.2. The van der Waals surface area contributed by atoms with Crippen LogP contribution >= 0.6 is 0 Å². The van der Waals surface area contributed by atoms with E-state index in [1.807, 2.05) is 27.1 Å². The van der Waals surface area contributed by atoms with Crippen LogP contribution in [0.5, 0.6) is 0 Å². The van der Waals surface area contributed by atoms with Gasteiger partial charge in [0.15, 0.2) is 0 Å². The molecule has 0 aliphatic heterocycles. The van der Waals surface area contributed by atoms with Gasteiger partial charge < -0.3 is 4.52 Å². The number of halogens is 3. The Hall–Kier alpha value is -2.68. The van der Waals surface area contributed by atoms with Crippen molar-refractivity contribution in [3.8, 4) is 11.4 Å². The second kappa shape index (κ2) is 7.51. The number of alkyl halides is 3. The minimum atomic E-state index is -4.42. The molecule has 2 aromatic heterocycles. The van der Waals surface area contributed by atoms with Crippen LogP contribution in [-0.4, -0.2) is 30.9 Å². The molecule has 0 saturated heterocycles. The van der Waals surface area contributed by atoms with Crippen LogP contribution in [0.3, 0.4) is 0 Å². The van der Waals surface area contributed by atoms with E-state index < -0.39 is 11.7 Å². The molecule has 1 aromatic carbocycles. The second-order valence-electron chi connectivity index (χ2n) is 6.61. The van der Waals surface area contributed by atoms with Crippen molar-refractivity contribution in [3.05, 3.63) is 53.7 Å². The van der Waals surface area contributed by atoms with Gasteiger partial charge in [-0.25, -0.2) is 0 Å². The van der Waals surface area contributed by atoms with Gasteiger partial charge >= 0.3 is 6.18 Å². The number of hydrogen-bond donors (Lipinski definition) is 0. The Labute approximate surface area is 154 Å². The van der Waals surface area contributed by atoms with Gasteiger partial charge in [-0.05, 0) is 26.0 Å². The number of nitrogens with zero attached hydrogens (tertiary/aromatic N) is 5. The van der Waals surface area contributed by atoms with Crippen LogP contribution in [0.15, 0.2) is 41.2 Å². The monoisotopic (exact) mass is 379 g/mol. The summed E-state index contributed by atoms with van der Waals surface area (Å²) >= 11 is 0. The molecular formula is C18H20F3N5O. The Kier molecular flexibility index (Phi) is 5.31. The largest absolute Gasteiger partial charge is 0.416 e. The summed E-state index contributed by atoms with van der Waals surface area (Å²) in [6, 6.07) is 5.09. The van der Waals surface area contributed by atoms with Crippen molar-refractivity contribution in [1.29, 1.82) is 0 Å². The van der Waals surface area contributed by atoms with E-state index in [4.69, 9.17) is 4.52 Å². The first-order chi connectivity index (χ1) is 12.7. The molecule has 0 radical (unpaired) electrons. The van der Waals surface area contributed by atoms with E-state index in [-0.39, 0.29) is 17.4 Å². The third-order valence-corrected chi connectivity index (χ3v) is 4.13. The first-order valence-corrected chi connectivity index (χ1v) is 8.44. The van der Waals surface area contributed by atoms with Crippen molar-refractivity contribution in [2.75, 3.05) is 0 Å². The molecule has 144 valence electrons. The topological polar surface area (TPSA) is 60.0 Å². The number of benzene rings is 1. The summed E-state index contributed by atoms with van der Waals surface area (Å²) in [5.74, 6) is 0.487. The van der Waals surface area contributed by atoms with Gasteiger partial charge in [-0.2, -0.15) is 23.3 Å². The average molecular weight is 379 g/mol. The van der Waals surface area contributed by atoms with Crippen LogP contribution in [0.1, 0.15) is 30.9 Å². The summed E-state index contributed by atoms with van der Waals surface area (Å²) in [6.07, 6.45) is -0.699. The van der Waals surface area contributed by atoms with Gasteiger partial charge in [0.1, 0.15) is 0 Å². The highest BCUT2D eigenvalue weighted by Gasteiger charge is 2.30. The minimum Gasteiger partial charge on any atom is -0.338 e.